The topological polar surface area (TPSA) is 44.8 Å². The molecule has 2 aromatic rings. The molecule has 1 aliphatic rings. The van der Waals surface area contributed by atoms with Gasteiger partial charge in [0, 0.05) is 5.56 Å². The highest BCUT2D eigenvalue weighted by atomic mass is 16.5. The van der Waals surface area contributed by atoms with E-state index < -0.39 is 0 Å². The number of ether oxygens (including phenoxy) is 3. The van der Waals surface area contributed by atoms with Crippen LogP contribution in [0.2, 0.25) is 0 Å². The van der Waals surface area contributed by atoms with Crippen LogP contribution in [0.15, 0.2) is 42.5 Å². The number of methoxy groups -OCH3 is 2. The van der Waals surface area contributed by atoms with Crippen LogP contribution in [-0.4, -0.2) is 20.0 Å². The zero-order valence-corrected chi connectivity index (χ0v) is 12.0. The molecule has 0 bridgehead atoms. The smallest absolute Gasteiger partial charge is 0.170 e. The van der Waals surface area contributed by atoms with E-state index in [9.17, 15) is 4.79 Å². The molecule has 0 N–H and O–H groups in total. The number of hydrogen-bond acceptors (Lipinski definition) is 4. The Morgan fingerprint density at radius 1 is 1.10 bits per heavy atom. The molecule has 0 amide bonds. The first-order chi connectivity index (χ1) is 10.2. The summed E-state index contributed by atoms with van der Waals surface area (Å²) in [4.78, 5) is 12.3. The standard InChI is InChI=1S/C17H16O4/c1-19-11-7-8-15(20-2)13(9-11)17-10-14(18)12-5-3-4-6-16(12)21-17/h3-9,17H,10H2,1-2H3. The first kappa shape index (κ1) is 13.5. The molecular weight excluding hydrogens is 268 g/mol. The van der Waals surface area contributed by atoms with Crippen LogP contribution in [0.5, 0.6) is 17.2 Å². The Kier molecular flexibility index (Phi) is 3.52. The summed E-state index contributed by atoms with van der Waals surface area (Å²) in [5.74, 6) is 2.09. The molecule has 0 saturated heterocycles. The Morgan fingerprint density at radius 3 is 2.67 bits per heavy atom. The number of carbonyl (C=O) groups excluding carboxylic acids is 1. The number of rotatable bonds is 3. The molecule has 0 fully saturated rings. The molecular formula is C17H16O4. The molecule has 4 nitrogen and oxygen atoms in total. The predicted molar refractivity (Wildman–Crippen MR) is 78.3 cm³/mol. The van der Waals surface area contributed by atoms with Gasteiger partial charge < -0.3 is 14.2 Å². The first-order valence-electron chi connectivity index (χ1n) is 6.73. The van der Waals surface area contributed by atoms with E-state index in [2.05, 4.69) is 0 Å². The van der Waals surface area contributed by atoms with Crippen LogP contribution in [0, 0.1) is 0 Å². The summed E-state index contributed by atoms with van der Waals surface area (Å²) in [6.45, 7) is 0. The van der Waals surface area contributed by atoms with Crippen molar-refractivity contribution in [2.75, 3.05) is 14.2 Å². The second kappa shape index (κ2) is 5.48. The number of ketones is 1. The lowest BCUT2D eigenvalue weighted by Gasteiger charge is -2.26. The Bertz CT molecular complexity index is 678. The largest absolute Gasteiger partial charge is 0.497 e. The van der Waals surface area contributed by atoms with Crippen LogP contribution >= 0.6 is 0 Å². The van der Waals surface area contributed by atoms with Gasteiger partial charge in [-0.15, -0.1) is 0 Å². The lowest BCUT2D eigenvalue weighted by Crippen LogP contribution is -2.20. The molecule has 2 aromatic carbocycles. The number of benzene rings is 2. The van der Waals surface area contributed by atoms with E-state index >= 15 is 0 Å². The van der Waals surface area contributed by atoms with Gasteiger partial charge in [0.25, 0.3) is 0 Å². The number of para-hydroxylation sites is 1. The zero-order chi connectivity index (χ0) is 14.8. The number of fused-ring (bicyclic) bond motifs is 1. The molecule has 1 heterocycles. The Balaban J connectivity index is 2.01. The van der Waals surface area contributed by atoms with Crippen molar-refractivity contribution in [1.82, 2.24) is 0 Å². The van der Waals surface area contributed by atoms with E-state index in [0.717, 1.165) is 5.56 Å². The van der Waals surface area contributed by atoms with Crippen LogP contribution in [0.4, 0.5) is 0 Å². The maximum Gasteiger partial charge on any atom is 0.170 e. The molecule has 0 radical (unpaired) electrons. The van der Waals surface area contributed by atoms with E-state index in [1.807, 2.05) is 36.4 Å². The minimum Gasteiger partial charge on any atom is -0.497 e. The van der Waals surface area contributed by atoms with E-state index in [0.29, 0.717) is 29.2 Å². The third-order valence-corrected chi connectivity index (χ3v) is 3.61. The van der Waals surface area contributed by atoms with Crippen molar-refractivity contribution in [3.63, 3.8) is 0 Å². The van der Waals surface area contributed by atoms with Gasteiger partial charge in [-0.3, -0.25) is 4.79 Å². The van der Waals surface area contributed by atoms with Gasteiger partial charge >= 0.3 is 0 Å². The Hall–Kier alpha value is -2.49. The lowest BCUT2D eigenvalue weighted by atomic mass is 9.95. The summed E-state index contributed by atoms with van der Waals surface area (Å²) < 4.78 is 16.6. The average Bonchev–Trinajstić information content (AvgIpc) is 2.54. The Labute approximate surface area is 123 Å². The highest BCUT2D eigenvalue weighted by Crippen LogP contribution is 2.39. The minimum atomic E-state index is -0.363. The van der Waals surface area contributed by atoms with Gasteiger partial charge in [0.05, 0.1) is 26.2 Å². The second-order valence-electron chi connectivity index (χ2n) is 4.84. The van der Waals surface area contributed by atoms with E-state index in [-0.39, 0.29) is 11.9 Å². The van der Waals surface area contributed by atoms with Gasteiger partial charge in [-0.2, -0.15) is 0 Å². The number of hydrogen-bond donors (Lipinski definition) is 0. The average molecular weight is 284 g/mol. The third-order valence-electron chi connectivity index (χ3n) is 3.61. The summed E-state index contributed by atoms with van der Waals surface area (Å²) in [5, 5.41) is 0. The van der Waals surface area contributed by atoms with Crippen molar-refractivity contribution in [1.29, 1.82) is 0 Å². The van der Waals surface area contributed by atoms with Gasteiger partial charge in [-0.25, -0.2) is 0 Å². The fourth-order valence-electron chi connectivity index (χ4n) is 2.54. The summed E-state index contributed by atoms with van der Waals surface area (Å²) in [6.07, 6.45) is -0.0713. The Morgan fingerprint density at radius 2 is 1.90 bits per heavy atom. The quantitative estimate of drug-likeness (QED) is 0.866. The van der Waals surface area contributed by atoms with Crippen molar-refractivity contribution < 1.29 is 19.0 Å². The van der Waals surface area contributed by atoms with E-state index in [4.69, 9.17) is 14.2 Å². The molecule has 0 aliphatic carbocycles. The SMILES string of the molecule is COc1ccc(OC)c(C2CC(=O)c3ccccc3O2)c1. The zero-order valence-electron chi connectivity index (χ0n) is 12.0. The normalized spacial score (nSPS) is 16.9. The summed E-state index contributed by atoms with van der Waals surface area (Å²) in [7, 11) is 3.21. The highest BCUT2D eigenvalue weighted by Gasteiger charge is 2.29. The fraction of sp³-hybridized carbons (Fsp3) is 0.235. The van der Waals surface area contributed by atoms with Crippen LogP contribution in [0.3, 0.4) is 0 Å². The fourth-order valence-corrected chi connectivity index (χ4v) is 2.54. The molecule has 1 unspecified atom stereocenters. The molecule has 3 rings (SSSR count). The van der Waals surface area contributed by atoms with E-state index in [1.165, 1.54) is 0 Å². The van der Waals surface area contributed by atoms with Crippen LogP contribution in [-0.2, 0) is 0 Å². The molecule has 1 aliphatic heterocycles. The summed E-state index contributed by atoms with van der Waals surface area (Å²) >= 11 is 0. The molecule has 4 heteroatoms. The van der Waals surface area contributed by atoms with Crippen molar-refractivity contribution in [3.8, 4) is 17.2 Å². The van der Waals surface area contributed by atoms with E-state index in [1.54, 1.807) is 20.3 Å². The lowest BCUT2D eigenvalue weighted by molar-refractivity contribution is 0.0846. The van der Waals surface area contributed by atoms with Crippen LogP contribution in [0.25, 0.3) is 0 Å². The van der Waals surface area contributed by atoms with Crippen molar-refractivity contribution in [2.45, 2.75) is 12.5 Å². The third kappa shape index (κ3) is 2.44. The highest BCUT2D eigenvalue weighted by molar-refractivity contribution is 6.00. The summed E-state index contributed by atoms with van der Waals surface area (Å²) in [6, 6.07) is 12.8. The molecule has 0 spiro atoms. The predicted octanol–water partition coefficient (Wildman–Crippen LogP) is 3.41. The molecule has 0 saturated carbocycles. The van der Waals surface area contributed by atoms with Crippen LogP contribution < -0.4 is 14.2 Å². The minimum absolute atomic E-state index is 0.0757. The van der Waals surface area contributed by atoms with Gasteiger partial charge in [-0.1, -0.05) is 12.1 Å². The monoisotopic (exact) mass is 284 g/mol. The van der Waals surface area contributed by atoms with Gasteiger partial charge in [-0.05, 0) is 30.3 Å². The molecule has 0 aromatic heterocycles. The maximum absolute atomic E-state index is 12.3. The van der Waals surface area contributed by atoms with Crippen LogP contribution in [0.1, 0.15) is 28.4 Å². The van der Waals surface area contributed by atoms with Gasteiger partial charge in [0.15, 0.2) is 5.78 Å². The van der Waals surface area contributed by atoms with Gasteiger partial charge in [0.2, 0.25) is 0 Å². The number of carbonyl (C=O) groups is 1. The molecule has 108 valence electrons. The number of Topliss-reactive ketones (excluding diaryl/α,β-unsaturated/α-hetero) is 1. The van der Waals surface area contributed by atoms with Crippen molar-refractivity contribution in [3.05, 3.63) is 53.6 Å². The van der Waals surface area contributed by atoms with Crippen molar-refractivity contribution >= 4 is 5.78 Å². The molecule has 21 heavy (non-hydrogen) atoms. The second-order valence-corrected chi connectivity index (χ2v) is 4.84. The van der Waals surface area contributed by atoms with Crippen molar-refractivity contribution in [2.24, 2.45) is 0 Å². The first-order valence-corrected chi connectivity index (χ1v) is 6.73. The summed E-state index contributed by atoms with van der Waals surface area (Å²) in [5.41, 5.74) is 1.45. The molecule has 1 atom stereocenters. The van der Waals surface area contributed by atoms with Gasteiger partial charge in [0.1, 0.15) is 23.4 Å². The maximum atomic E-state index is 12.3.